The molecule has 2 aromatic heterocycles. The van der Waals surface area contributed by atoms with Crippen molar-refractivity contribution in [1.29, 1.82) is 0 Å². The van der Waals surface area contributed by atoms with Crippen molar-refractivity contribution in [2.24, 2.45) is 0 Å². The molecule has 2 aromatic rings. The van der Waals surface area contributed by atoms with Crippen LogP contribution in [0.25, 0.3) is 0 Å². The number of hydrogen-bond acceptors (Lipinski definition) is 4. The second kappa shape index (κ2) is 5.56. The molecule has 0 aliphatic rings. The van der Waals surface area contributed by atoms with Gasteiger partial charge >= 0.3 is 0 Å². The van der Waals surface area contributed by atoms with Gasteiger partial charge in [0.2, 0.25) is 0 Å². The van der Waals surface area contributed by atoms with E-state index in [4.69, 9.17) is 0 Å². The number of hydrogen-bond donors (Lipinski definition) is 2. The smallest absolute Gasteiger partial charge is 0.0485 e. The topological polar surface area (TPSA) is 24.1 Å². The molecule has 0 aliphatic heterocycles. The van der Waals surface area contributed by atoms with Crippen molar-refractivity contribution in [2.75, 3.05) is 24.7 Å². The molecule has 0 bridgehead atoms. The summed E-state index contributed by atoms with van der Waals surface area (Å²) in [6, 6.07) is 4.32. The first-order chi connectivity index (χ1) is 8.31. The van der Waals surface area contributed by atoms with E-state index < -0.39 is 0 Å². The average molecular weight is 266 g/mol. The van der Waals surface area contributed by atoms with Gasteiger partial charge in [-0.1, -0.05) is 6.92 Å². The van der Waals surface area contributed by atoms with Crippen LogP contribution in [0, 0.1) is 0 Å². The fourth-order valence-corrected chi connectivity index (χ4v) is 4.35. The first kappa shape index (κ1) is 12.5. The standard InChI is InChI=1S/C13H18N2S2/c1-4-9(12-10(14-2)5-7-16-12)13-11(15-3)6-8-17-13/h5-9,14-15H,4H2,1-3H3. The molecule has 0 spiro atoms. The van der Waals surface area contributed by atoms with Gasteiger partial charge in [0, 0.05) is 41.1 Å². The molecule has 0 radical (unpaired) electrons. The van der Waals surface area contributed by atoms with Crippen molar-refractivity contribution in [2.45, 2.75) is 19.3 Å². The Morgan fingerprint density at radius 1 is 1.00 bits per heavy atom. The number of thiophene rings is 2. The summed E-state index contributed by atoms with van der Waals surface area (Å²) in [5.41, 5.74) is 2.52. The van der Waals surface area contributed by atoms with Crippen LogP contribution in [0.2, 0.25) is 0 Å². The molecule has 17 heavy (non-hydrogen) atoms. The summed E-state index contributed by atoms with van der Waals surface area (Å²) in [5, 5.41) is 10.9. The monoisotopic (exact) mass is 266 g/mol. The molecule has 0 unspecified atom stereocenters. The van der Waals surface area contributed by atoms with Crippen LogP contribution in [0.1, 0.15) is 29.0 Å². The van der Waals surface area contributed by atoms with Crippen LogP contribution >= 0.6 is 22.7 Å². The van der Waals surface area contributed by atoms with Crippen molar-refractivity contribution in [3.63, 3.8) is 0 Å². The van der Waals surface area contributed by atoms with Crippen LogP contribution in [0.15, 0.2) is 22.9 Å². The summed E-state index contributed by atoms with van der Waals surface area (Å²) >= 11 is 3.68. The third-order valence-electron chi connectivity index (χ3n) is 2.97. The van der Waals surface area contributed by atoms with Gasteiger partial charge in [0.1, 0.15) is 0 Å². The highest BCUT2D eigenvalue weighted by Crippen LogP contribution is 2.42. The van der Waals surface area contributed by atoms with Crippen LogP contribution < -0.4 is 10.6 Å². The van der Waals surface area contributed by atoms with Crippen molar-refractivity contribution in [1.82, 2.24) is 0 Å². The molecule has 2 heterocycles. The largest absolute Gasteiger partial charge is 0.387 e. The van der Waals surface area contributed by atoms with Crippen molar-refractivity contribution < 1.29 is 0 Å². The molecule has 0 saturated carbocycles. The lowest BCUT2D eigenvalue weighted by Gasteiger charge is -2.16. The maximum atomic E-state index is 3.28. The van der Waals surface area contributed by atoms with Crippen molar-refractivity contribution in [3.05, 3.63) is 32.6 Å². The predicted octanol–water partition coefficient (Wildman–Crippen LogP) is 4.43. The van der Waals surface area contributed by atoms with Gasteiger partial charge in [-0.25, -0.2) is 0 Å². The first-order valence-corrected chi connectivity index (χ1v) is 7.58. The molecule has 0 saturated heterocycles. The minimum absolute atomic E-state index is 0.500. The van der Waals surface area contributed by atoms with Crippen molar-refractivity contribution >= 4 is 34.0 Å². The number of rotatable bonds is 5. The molecule has 2 N–H and O–H groups in total. The van der Waals surface area contributed by atoms with Crippen LogP contribution in [-0.2, 0) is 0 Å². The summed E-state index contributed by atoms with van der Waals surface area (Å²) in [4.78, 5) is 2.88. The molecule has 0 atom stereocenters. The highest BCUT2D eigenvalue weighted by atomic mass is 32.1. The van der Waals surface area contributed by atoms with E-state index in [0.717, 1.165) is 6.42 Å². The minimum Gasteiger partial charge on any atom is -0.387 e. The molecule has 2 rings (SSSR count). The third kappa shape index (κ3) is 2.33. The second-order valence-electron chi connectivity index (χ2n) is 3.86. The quantitative estimate of drug-likeness (QED) is 0.836. The van der Waals surface area contributed by atoms with Crippen LogP contribution in [-0.4, -0.2) is 14.1 Å². The number of anilines is 2. The Labute approximate surface area is 111 Å². The molecular formula is C13H18N2S2. The first-order valence-electron chi connectivity index (χ1n) is 5.82. The Morgan fingerprint density at radius 3 is 1.82 bits per heavy atom. The van der Waals surface area contributed by atoms with Gasteiger partial charge in [-0.2, -0.15) is 0 Å². The Morgan fingerprint density at radius 2 is 1.47 bits per heavy atom. The fraction of sp³-hybridized carbons (Fsp3) is 0.385. The predicted molar refractivity (Wildman–Crippen MR) is 79.9 cm³/mol. The maximum Gasteiger partial charge on any atom is 0.0485 e. The zero-order valence-electron chi connectivity index (χ0n) is 10.4. The summed E-state index contributed by atoms with van der Waals surface area (Å²) in [6.45, 7) is 2.25. The minimum atomic E-state index is 0.500. The highest BCUT2D eigenvalue weighted by Gasteiger charge is 2.20. The van der Waals surface area contributed by atoms with E-state index >= 15 is 0 Å². The number of nitrogens with one attached hydrogen (secondary N) is 2. The second-order valence-corrected chi connectivity index (χ2v) is 5.75. The maximum absolute atomic E-state index is 3.28. The van der Waals surface area contributed by atoms with Crippen molar-refractivity contribution in [3.8, 4) is 0 Å². The molecule has 2 nitrogen and oxygen atoms in total. The van der Waals surface area contributed by atoms with Gasteiger partial charge in [0.25, 0.3) is 0 Å². The third-order valence-corrected chi connectivity index (χ3v) is 5.03. The normalized spacial score (nSPS) is 10.8. The van der Waals surface area contributed by atoms with Crippen LogP contribution in [0.4, 0.5) is 11.4 Å². The lowest BCUT2D eigenvalue weighted by atomic mass is 10.0. The molecule has 0 aromatic carbocycles. The van der Waals surface area contributed by atoms with Crippen LogP contribution in [0.3, 0.4) is 0 Å². The zero-order chi connectivity index (χ0) is 12.3. The van der Waals surface area contributed by atoms with Gasteiger partial charge in [-0.15, -0.1) is 22.7 Å². The van der Waals surface area contributed by atoms with Gasteiger partial charge in [-0.3, -0.25) is 0 Å². The summed E-state index contributed by atoms with van der Waals surface area (Å²) in [5.74, 6) is 0.500. The molecule has 0 aliphatic carbocycles. The lowest BCUT2D eigenvalue weighted by Crippen LogP contribution is -2.01. The van der Waals surface area contributed by atoms with E-state index in [0.29, 0.717) is 5.92 Å². The summed E-state index contributed by atoms with van der Waals surface area (Å²) in [6.07, 6.45) is 1.13. The Kier molecular flexibility index (Phi) is 4.07. The lowest BCUT2D eigenvalue weighted by molar-refractivity contribution is 0.810. The van der Waals surface area contributed by atoms with E-state index in [9.17, 15) is 0 Å². The Hall–Kier alpha value is -1.00. The van der Waals surface area contributed by atoms with E-state index in [1.807, 2.05) is 36.8 Å². The SMILES string of the molecule is CCC(c1sccc1NC)c1sccc1NC. The zero-order valence-corrected chi connectivity index (χ0v) is 12.0. The van der Waals surface area contributed by atoms with Gasteiger partial charge < -0.3 is 10.6 Å². The molecule has 0 fully saturated rings. The van der Waals surface area contributed by atoms with Crippen LogP contribution in [0.5, 0.6) is 0 Å². The van der Waals surface area contributed by atoms with E-state index in [1.54, 1.807) is 0 Å². The molecule has 0 amide bonds. The fourth-order valence-electron chi connectivity index (χ4n) is 2.08. The molecular weight excluding hydrogens is 248 g/mol. The van der Waals surface area contributed by atoms with E-state index in [-0.39, 0.29) is 0 Å². The Balaban J connectivity index is 2.40. The van der Waals surface area contributed by atoms with Gasteiger partial charge in [-0.05, 0) is 29.3 Å². The highest BCUT2D eigenvalue weighted by molar-refractivity contribution is 7.12. The molecule has 4 heteroatoms. The van der Waals surface area contributed by atoms with E-state index in [1.165, 1.54) is 21.1 Å². The summed E-state index contributed by atoms with van der Waals surface area (Å²) in [7, 11) is 3.98. The van der Waals surface area contributed by atoms with Gasteiger partial charge in [0.15, 0.2) is 0 Å². The molecule has 92 valence electrons. The Bertz CT molecular complexity index is 431. The summed E-state index contributed by atoms with van der Waals surface area (Å²) < 4.78 is 0. The van der Waals surface area contributed by atoms with E-state index in [2.05, 4.69) is 40.5 Å². The van der Waals surface area contributed by atoms with Gasteiger partial charge in [0.05, 0.1) is 0 Å². The average Bonchev–Trinajstić information content (AvgIpc) is 2.98.